The fourth-order valence-electron chi connectivity index (χ4n) is 6.17. The molecule has 2 aromatic heterocycles. The second-order valence-corrected chi connectivity index (χ2v) is 12.3. The highest BCUT2D eigenvalue weighted by atomic mass is 35.5. The number of benzene rings is 4. The number of hydrogen-bond donors (Lipinski definition) is 0. The number of Topliss-reactive ketones (excluding diaryl/α,β-unsaturated/α-hetero) is 1. The minimum atomic E-state index is -0.841. The van der Waals surface area contributed by atoms with Gasteiger partial charge in [0.15, 0.2) is 5.78 Å². The molecule has 0 spiro atoms. The van der Waals surface area contributed by atoms with Gasteiger partial charge in [0.05, 0.1) is 40.3 Å². The van der Waals surface area contributed by atoms with Crippen molar-refractivity contribution in [2.24, 2.45) is 0 Å². The maximum atomic E-state index is 15.6. The van der Waals surface area contributed by atoms with Crippen LogP contribution in [0.2, 0.25) is 10.0 Å². The third-order valence-electron chi connectivity index (χ3n) is 8.50. The van der Waals surface area contributed by atoms with Gasteiger partial charge in [0.2, 0.25) is 23.5 Å². The highest BCUT2D eigenvalue weighted by molar-refractivity contribution is 6.31. The van der Waals surface area contributed by atoms with Crippen molar-refractivity contribution in [1.29, 1.82) is 0 Å². The van der Waals surface area contributed by atoms with Crippen molar-refractivity contribution in [3.8, 4) is 45.8 Å². The van der Waals surface area contributed by atoms with Crippen LogP contribution in [0.3, 0.4) is 0 Å². The molecule has 0 fully saturated rings. The number of carbonyl (C=O) groups is 1. The van der Waals surface area contributed by atoms with E-state index in [1.807, 2.05) is 97.1 Å². The van der Waals surface area contributed by atoms with E-state index in [0.717, 1.165) is 22.3 Å². The first-order valence-electron chi connectivity index (χ1n) is 15.8. The first kappa shape index (κ1) is 34.5. The Hall–Kier alpha value is -5.37. The molecule has 6 aromatic rings. The minimum absolute atomic E-state index is 0.151. The van der Waals surface area contributed by atoms with Gasteiger partial charge in [0.25, 0.3) is 0 Å². The molecule has 0 saturated carbocycles. The highest BCUT2D eigenvalue weighted by Gasteiger charge is 2.37. The summed E-state index contributed by atoms with van der Waals surface area (Å²) in [6.07, 6.45) is 0. The molecule has 2 atom stereocenters. The van der Waals surface area contributed by atoms with Crippen molar-refractivity contribution < 1.29 is 23.7 Å². The summed E-state index contributed by atoms with van der Waals surface area (Å²) < 4.78 is 23.2. The summed E-state index contributed by atoms with van der Waals surface area (Å²) >= 11 is 12.5. The van der Waals surface area contributed by atoms with Crippen LogP contribution in [0.1, 0.15) is 34.1 Å². The average molecular weight is 706 g/mol. The van der Waals surface area contributed by atoms with Gasteiger partial charge in [-0.25, -0.2) is 0 Å². The van der Waals surface area contributed by atoms with Gasteiger partial charge in [-0.2, -0.15) is 9.97 Å². The van der Waals surface area contributed by atoms with Crippen molar-refractivity contribution in [1.82, 2.24) is 9.97 Å². The molecule has 0 saturated heterocycles. The molecule has 0 radical (unpaired) electrons. The lowest BCUT2D eigenvalue weighted by molar-refractivity contribution is -0.120. The number of rotatable bonds is 12. The van der Waals surface area contributed by atoms with E-state index in [2.05, 4.69) is 0 Å². The summed E-state index contributed by atoms with van der Waals surface area (Å²) in [7, 11) is 6.16. The Bertz CT molecular complexity index is 1940. The molecule has 0 aliphatic rings. The monoisotopic (exact) mass is 704 g/mol. The van der Waals surface area contributed by atoms with Gasteiger partial charge in [-0.05, 0) is 58.7 Å². The van der Waals surface area contributed by atoms with Gasteiger partial charge in [0, 0.05) is 32.3 Å². The second-order valence-electron chi connectivity index (χ2n) is 11.4. The Morgan fingerprint density at radius 2 is 0.840 bits per heavy atom. The number of methoxy groups -OCH3 is 4. The number of carbonyl (C=O) groups excluding carboxylic acids is 1. The van der Waals surface area contributed by atoms with E-state index >= 15 is 4.79 Å². The van der Waals surface area contributed by atoms with E-state index in [0.29, 0.717) is 44.1 Å². The van der Waals surface area contributed by atoms with Gasteiger partial charge in [-0.1, -0.05) is 108 Å². The molecule has 0 bridgehead atoms. The molecule has 9 heteroatoms. The summed E-state index contributed by atoms with van der Waals surface area (Å²) in [6.45, 7) is 0. The molecule has 2 unspecified atom stereocenters. The number of nitrogens with zero attached hydrogens (tertiary/aromatic N) is 2. The van der Waals surface area contributed by atoms with Crippen LogP contribution in [0.5, 0.6) is 23.5 Å². The molecule has 0 aliphatic heterocycles. The van der Waals surface area contributed by atoms with Crippen molar-refractivity contribution in [3.05, 3.63) is 154 Å². The van der Waals surface area contributed by atoms with Crippen LogP contribution in [-0.2, 0) is 4.79 Å². The smallest absolute Gasteiger partial charge is 0.224 e. The Morgan fingerprint density at radius 1 is 0.500 bits per heavy atom. The third kappa shape index (κ3) is 7.01. The molecule has 7 nitrogen and oxygen atoms in total. The zero-order valence-corrected chi connectivity index (χ0v) is 29.4. The SMILES string of the molecule is COc1nc(OC)c(C(C(=O)C(c2ccccc2)c2cc(-c3ccc(Cl)cc3)c(OC)nc2OC)c2ccccc2)cc1-c1ccc(Cl)cc1. The molecule has 252 valence electrons. The molecule has 50 heavy (non-hydrogen) atoms. The Kier molecular flexibility index (Phi) is 10.7. The number of halogens is 2. The molecule has 2 heterocycles. The lowest BCUT2D eigenvalue weighted by atomic mass is 9.76. The van der Waals surface area contributed by atoms with Gasteiger partial charge in [-0.15, -0.1) is 0 Å². The van der Waals surface area contributed by atoms with E-state index < -0.39 is 11.8 Å². The van der Waals surface area contributed by atoms with E-state index in [1.54, 1.807) is 38.5 Å². The Labute approximate surface area is 301 Å². The third-order valence-corrected chi connectivity index (χ3v) is 9.01. The van der Waals surface area contributed by atoms with E-state index in [9.17, 15) is 0 Å². The maximum absolute atomic E-state index is 15.6. The average Bonchev–Trinajstić information content (AvgIpc) is 3.16. The first-order chi connectivity index (χ1) is 24.4. The number of hydrogen-bond acceptors (Lipinski definition) is 7. The zero-order chi connectivity index (χ0) is 35.2. The molecular weight excluding hydrogens is 671 g/mol. The fourth-order valence-corrected chi connectivity index (χ4v) is 6.42. The number of ketones is 1. The lowest BCUT2D eigenvalue weighted by Crippen LogP contribution is -2.24. The van der Waals surface area contributed by atoms with E-state index in [-0.39, 0.29) is 17.5 Å². The van der Waals surface area contributed by atoms with Gasteiger partial charge in [0.1, 0.15) is 0 Å². The Morgan fingerprint density at radius 3 is 1.16 bits per heavy atom. The van der Waals surface area contributed by atoms with Crippen LogP contribution < -0.4 is 18.9 Å². The maximum Gasteiger partial charge on any atom is 0.224 e. The van der Waals surface area contributed by atoms with Crippen molar-refractivity contribution in [2.75, 3.05) is 28.4 Å². The second kappa shape index (κ2) is 15.5. The largest absolute Gasteiger partial charge is 0.481 e. The van der Waals surface area contributed by atoms with Crippen molar-refractivity contribution >= 4 is 29.0 Å². The normalized spacial score (nSPS) is 12.1. The molecule has 0 amide bonds. The van der Waals surface area contributed by atoms with Crippen LogP contribution >= 0.6 is 23.2 Å². The summed E-state index contributed by atoms with van der Waals surface area (Å²) in [6, 6.07) is 37.7. The highest BCUT2D eigenvalue weighted by Crippen LogP contribution is 2.45. The predicted molar refractivity (Wildman–Crippen MR) is 197 cm³/mol. The fraction of sp³-hybridized carbons (Fsp3) is 0.146. The summed E-state index contributed by atoms with van der Waals surface area (Å²) in [5.41, 5.74) is 5.62. The predicted octanol–water partition coefficient (Wildman–Crippen LogP) is 9.68. The lowest BCUT2D eigenvalue weighted by Gasteiger charge is -2.27. The van der Waals surface area contributed by atoms with Crippen LogP contribution in [0.4, 0.5) is 0 Å². The summed E-state index contributed by atoms with van der Waals surface area (Å²) in [5, 5.41) is 1.19. The molecule has 4 aromatic carbocycles. The van der Waals surface area contributed by atoms with Crippen LogP contribution in [0, 0.1) is 0 Å². The first-order valence-corrected chi connectivity index (χ1v) is 16.5. The van der Waals surface area contributed by atoms with E-state index in [4.69, 9.17) is 52.1 Å². The standard InChI is InChI=1S/C41H34Cl2N2O5/c1-47-38-31(25-15-19-29(42)20-16-25)23-33(40(44-38)49-3)35(27-11-7-5-8-12-27)37(46)36(28-13-9-6-10-14-28)34-24-32(26-17-21-30(43)22-18-26)39(48-2)45-41(34)50-4/h5-24,35-36H,1-4H3. The minimum Gasteiger partial charge on any atom is -0.481 e. The number of aromatic nitrogens is 2. The molecule has 6 rings (SSSR count). The molecule has 0 N–H and O–H groups in total. The van der Waals surface area contributed by atoms with Crippen LogP contribution in [0.25, 0.3) is 22.3 Å². The van der Waals surface area contributed by atoms with Crippen LogP contribution in [0.15, 0.2) is 121 Å². The van der Waals surface area contributed by atoms with Gasteiger partial charge >= 0.3 is 0 Å². The van der Waals surface area contributed by atoms with Gasteiger partial charge in [-0.3, -0.25) is 4.79 Å². The summed E-state index contributed by atoms with van der Waals surface area (Å²) in [4.78, 5) is 25.1. The van der Waals surface area contributed by atoms with Crippen molar-refractivity contribution in [2.45, 2.75) is 11.8 Å². The van der Waals surface area contributed by atoms with Crippen LogP contribution in [-0.4, -0.2) is 44.2 Å². The molecular formula is C41H34Cl2N2O5. The topological polar surface area (TPSA) is 79.8 Å². The van der Waals surface area contributed by atoms with Gasteiger partial charge < -0.3 is 18.9 Å². The van der Waals surface area contributed by atoms with Crippen molar-refractivity contribution in [3.63, 3.8) is 0 Å². The number of pyridine rings is 2. The quantitative estimate of drug-likeness (QED) is 0.125. The Balaban J connectivity index is 1.62. The molecule has 0 aliphatic carbocycles. The number of ether oxygens (including phenoxy) is 4. The summed E-state index contributed by atoms with van der Waals surface area (Å²) in [5.74, 6) is -0.619. The zero-order valence-electron chi connectivity index (χ0n) is 27.9. The van der Waals surface area contributed by atoms with E-state index in [1.165, 1.54) is 14.2 Å².